The minimum absolute atomic E-state index is 0.0986. The number of carbonyl (C=O) groups excluding carboxylic acids is 1. The molecule has 2 fully saturated rings. The number of halogens is 3. The molecule has 2 aromatic carbocycles. The molecule has 3 aromatic rings. The number of ether oxygens (including phenoxy) is 3. The number of hydrogen-bond donors (Lipinski definition) is 0. The van der Waals surface area contributed by atoms with Crippen LogP contribution in [0.25, 0.3) is 11.3 Å². The summed E-state index contributed by atoms with van der Waals surface area (Å²) in [5.41, 5.74) is 2.44. The van der Waals surface area contributed by atoms with Crippen LogP contribution in [0.1, 0.15) is 56.0 Å². The van der Waals surface area contributed by atoms with Crippen molar-refractivity contribution in [2.24, 2.45) is 5.92 Å². The minimum atomic E-state index is -4.53. The molecule has 0 bridgehead atoms. The van der Waals surface area contributed by atoms with Gasteiger partial charge in [-0.3, -0.25) is 0 Å². The molecule has 2 aliphatic heterocycles. The third-order valence-corrected chi connectivity index (χ3v) is 7.97. The number of benzene rings is 2. The van der Waals surface area contributed by atoms with Gasteiger partial charge >= 0.3 is 12.3 Å². The van der Waals surface area contributed by atoms with E-state index in [2.05, 4.69) is 15.1 Å². The van der Waals surface area contributed by atoms with Crippen LogP contribution in [0.4, 0.5) is 23.7 Å². The second kappa shape index (κ2) is 13.6. The summed E-state index contributed by atoms with van der Waals surface area (Å²) in [6.45, 7) is 10.9. The van der Waals surface area contributed by atoms with Crippen molar-refractivity contribution in [3.8, 4) is 17.0 Å². The number of alkyl halides is 3. The van der Waals surface area contributed by atoms with Crippen molar-refractivity contribution in [3.05, 3.63) is 70.9 Å². The normalized spacial score (nSPS) is 17.7. The average molecular weight is 627 g/mol. The fourth-order valence-electron chi connectivity index (χ4n) is 5.85. The highest BCUT2D eigenvalue weighted by atomic mass is 19.4. The van der Waals surface area contributed by atoms with Crippen molar-refractivity contribution in [2.45, 2.75) is 65.3 Å². The number of aryl methyl sites for hydroxylation is 1. The number of carbonyl (C=O) groups is 1. The molecule has 0 radical (unpaired) electrons. The van der Waals surface area contributed by atoms with Crippen LogP contribution < -0.4 is 9.64 Å². The molecule has 11 heteroatoms. The Balaban J connectivity index is 1.48. The van der Waals surface area contributed by atoms with Gasteiger partial charge in [-0.1, -0.05) is 30.3 Å². The van der Waals surface area contributed by atoms with Crippen LogP contribution in [-0.2, 0) is 28.7 Å². The van der Waals surface area contributed by atoms with Crippen LogP contribution in [0.5, 0.6) is 5.75 Å². The summed E-state index contributed by atoms with van der Waals surface area (Å²) in [5, 5.41) is 9.25. The Labute approximate surface area is 262 Å². The van der Waals surface area contributed by atoms with Gasteiger partial charge in [0, 0.05) is 31.7 Å². The molecule has 0 aliphatic carbocycles. The van der Waals surface area contributed by atoms with E-state index in [1.54, 1.807) is 11.8 Å². The van der Waals surface area contributed by atoms with E-state index >= 15 is 0 Å². The van der Waals surface area contributed by atoms with E-state index in [9.17, 15) is 18.0 Å². The minimum Gasteiger partial charge on any atom is -0.488 e. The van der Waals surface area contributed by atoms with Gasteiger partial charge in [0.1, 0.15) is 18.0 Å². The quantitative estimate of drug-likeness (QED) is 0.278. The largest absolute Gasteiger partial charge is 0.488 e. The first-order valence-corrected chi connectivity index (χ1v) is 15.4. The van der Waals surface area contributed by atoms with E-state index in [-0.39, 0.29) is 24.4 Å². The maximum absolute atomic E-state index is 13.9. The molecule has 1 aromatic heterocycles. The van der Waals surface area contributed by atoms with Crippen molar-refractivity contribution in [1.82, 2.24) is 15.1 Å². The van der Waals surface area contributed by atoms with E-state index in [4.69, 9.17) is 14.2 Å². The molecule has 2 saturated heterocycles. The molecule has 242 valence electrons. The highest BCUT2D eigenvalue weighted by molar-refractivity contribution is 5.75. The molecule has 1 amide bonds. The fourth-order valence-corrected chi connectivity index (χ4v) is 5.85. The van der Waals surface area contributed by atoms with Crippen molar-refractivity contribution in [3.63, 3.8) is 0 Å². The van der Waals surface area contributed by atoms with E-state index in [0.29, 0.717) is 62.6 Å². The predicted octanol–water partition coefficient (Wildman–Crippen LogP) is 7.08. The second-order valence-electron chi connectivity index (χ2n) is 12.7. The third kappa shape index (κ3) is 8.45. The lowest BCUT2D eigenvalue weighted by molar-refractivity contribution is -0.137. The molecular weight excluding hydrogens is 585 g/mol. The SMILES string of the molecule is Cc1cc(C(F)(F)F)cc(OCc2ccccc2)c1-c1cc(N2CCOCC2)c(CC2CCCN(C(=O)OC(C)(C)C)C2)nn1. The number of aromatic nitrogens is 2. The summed E-state index contributed by atoms with van der Waals surface area (Å²) in [5.74, 6) is 0.255. The molecule has 0 saturated carbocycles. The molecule has 1 atom stereocenters. The first kappa shape index (κ1) is 32.5. The highest BCUT2D eigenvalue weighted by Gasteiger charge is 2.33. The van der Waals surface area contributed by atoms with Crippen LogP contribution in [-0.4, -0.2) is 66.2 Å². The Kier molecular flexibility index (Phi) is 9.86. The Morgan fingerprint density at radius 1 is 1.02 bits per heavy atom. The number of anilines is 1. The maximum Gasteiger partial charge on any atom is 0.416 e. The number of rotatable bonds is 7. The molecule has 0 spiro atoms. The monoisotopic (exact) mass is 626 g/mol. The third-order valence-electron chi connectivity index (χ3n) is 7.97. The Morgan fingerprint density at radius 2 is 1.76 bits per heavy atom. The maximum atomic E-state index is 13.9. The summed E-state index contributed by atoms with van der Waals surface area (Å²) in [4.78, 5) is 16.7. The fraction of sp³-hybridized carbons (Fsp3) is 0.500. The van der Waals surface area contributed by atoms with Gasteiger partial charge in [-0.25, -0.2) is 4.79 Å². The molecule has 0 N–H and O–H groups in total. The number of piperidine rings is 1. The van der Waals surface area contributed by atoms with Crippen molar-refractivity contribution >= 4 is 11.8 Å². The van der Waals surface area contributed by atoms with Gasteiger partial charge in [-0.15, -0.1) is 5.10 Å². The lowest BCUT2D eigenvalue weighted by atomic mass is 9.92. The highest BCUT2D eigenvalue weighted by Crippen LogP contribution is 2.41. The van der Waals surface area contributed by atoms with Crippen LogP contribution in [0.15, 0.2) is 48.5 Å². The first-order valence-electron chi connectivity index (χ1n) is 15.4. The molecular formula is C34H41F3N4O4. The average Bonchev–Trinajstić information content (AvgIpc) is 3.00. The zero-order valence-corrected chi connectivity index (χ0v) is 26.3. The van der Waals surface area contributed by atoms with Gasteiger partial charge in [0.25, 0.3) is 0 Å². The van der Waals surface area contributed by atoms with Gasteiger partial charge in [-0.05, 0) is 82.2 Å². The first-order chi connectivity index (χ1) is 21.4. The number of hydrogen-bond acceptors (Lipinski definition) is 7. The van der Waals surface area contributed by atoms with Gasteiger partial charge in [0.2, 0.25) is 0 Å². The standard InChI is InChI=1S/C34H41F3N4O4/c1-23-17-26(34(35,36)37)19-30(44-22-24-9-6-5-7-10-24)31(23)28-20-29(40-13-15-43-16-14-40)27(38-39-28)18-25-11-8-12-41(21-25)32(42)45-33(2,3)4/h5-7,9-10,17,19-20,25H,8,11-16,18,21-22H2,1-4H3. The Bertz CT molecular complexity index is 1470. The van der Waals surface area contributed by atoms with E-state index < -0.39 is 17.3 Å². The molecule has 1 unspecified atom stereocenters. The van der Waals surface area contributed by atoms with Gasteiger partial charge in [0.15, 0.2) is 0 Å². The van der Waals surface area contributed by atoms with Crippen LogP contribution in [0.3, 0.4) is 0 Å². The van der Waals surface area contributed by atoms with Crippen LogP contribution >= 0.6 is 0 Å². The summed E-state index contributed by atoms with van der Waals surface area (Å²) >= 11 is 0. The zero-order valence-electron chi connectivity index (χ0n) is 26.3. The molecule has 3 heterocycles. The van der Waals surface area contributed by atoms with Crippen molar-refractivity contribution in [2.75, 3.05) is 44.3 Å². The molecule has 45 heavy (non-hydrogen) atoms. The second-order valence-corrected chi connectivity index (χ2v) is 12.7. The Morgan fingerprint density at radius 3 is 2.44 bits per heavy atom. The zero-order chi connectivity index (χ0) is 32.2. The van der Waals surface area contributed by atoms with Crippen LogP contribution in [0, 0.1) is 12.8 Å². The van der Waals surface area contributed by atoms with Crippen molar-refractivity contribution < 1.29 is 32.2 Å². The summed E-state index contributed by atoms with van der Waals surface area (Å²) in [6.07, 6.45) is -2.46. The number of amides is 1. The van der Waals surface area contributed by atoms with E-state index in [1.165, 1.54) is 0 Å². The number of nitrogens with zero attached hydrogens (tertiary/aromatic N) is 4. The number of likely N-dealkylation sites (tertiary alicyclic amines) is 1. The van der Waals surface area contributed by atoms with Gasteiger partial charge in [0.05, 0.1) is 35.9 Å². The molecule has 5 rings (SSSR count). The van der Waals surface area contributed by atoms with Crippen molar-refractivity contribution in [1.29, 1.82) is 0 Å². The topological polar surface area (TPSA) is 77.0 Å². The smallest absolute Gasteiger partial charge is 0.416 e. The van der Waals surface area contributed by atoms with Gasteiger partial charge in [-0.2, -0.15) is 18.3 Å². The lowest BCUT2D eigenvalue weighted by Gasteiger charge is -2.35. The lowest BCUT2D eigenvalue weighted by Crippen LogP contribution is -2.43. The Hall–Kier alpha value is -3.86. The van der Waals surface area contributed by atoms with Gasteiger partial charge < -0.3 is 24.0 Å². The molecule has 2 aliphatic rings. The van der Waals surface area contributed by atoms with E-state index in [0.717, 1.165) is 41.9 Å². The van der Waals surface area contributed by atoms with E-state index in [1.807, 2.05) is 57.2 Å². The van der Waals surface area contributed by atoms with Crippen LogP contribution in [0.2, 0.25) is 0 Å². The predicted molar refractivity (Wildman–Crippen MR) is 165 cm³/mol. The summed E-state index contributed by atoms with van der Waals surface area (Å²) < 4.78 is 58.8. The molecule has 8 nitrogen and oxygen atoms in total. The summed E-state index contributed by atoms with van der Waals surface area (Å²) in [7, 11) is 0. The summed E-state index contributed by atoms with van der Waals surface area (Å²) in [6, 6.07) is 13.4. The number of morpholine rings is 1.